The zero-order valence-electron chi connectivity index (χ0n) is 6.56. The second kappa shape index (κ2) is 3.30. The summed E-state index contributed by atoms with van der Waals surface area (Å²) in [5.74, 6) is 0.279. The Morgan fingerprint density at radius 3 is 2.58 bits per heavy atom. The monoisotopic (exact) mass is 227 g/mol. The van der Waals surface area contributed by atoms with E-state index in [1.54, 1.807) is 0 Å². The van der Waals surface area contributed by atoms with Crippen LogP contribution >= 0.6 is 0 Å². The van der Waals surface area contributed by atoms with Crippen LogP contribution in [0.1, 0.15) is 6.42 Å². The molecule has 0 bridgehead atoms. The van der Waals surface area contributed by atoms with Crippen LogP contribution in [0.3, 0.4) is 0 Å². The summed E-state index contributed by atoms with van der Waals surface area (Å²) in [5, 5.41) is 1.06. The van der Waals surface area contributed by atoms with E-state index in [1.165, 1.54) is 0 Å². The molecular weight excluding hydrogens is 217 g/mol. The molecule has 62 valence electrons. The normalized spacial score (nSPS) is 17.0. The molecule has 0 atom stereocenters. The van der Waals surface area contributed by atoms with Gasteiger partial charge in [-0.15, -0.1) is 0 Å². The van der Waals surface area contributed by atoms with E-state index in [2.05, 4.69) is 0 Å². The summed E-state index contributed by atoms with van der Waals surface area (Å²) in [7, 11) is 0. The first-order valence-electron chi connectivity index (χ1n) is 3.89. The predicted molar refractivity (Wildman–Crippen MR) is 49.1 cm³/mol. The Kier molecular flexibility index (Phi) is 2.15. The van der Waals surface area contributed by atoms with Gasteiger partial charge in [0, 0.05) is 0 Å². The first kappa shape index (κ1) is 7.84. The molecule has 0 N–H and O–H groups in total. The Bertz CT molecular complexity index is 286. The van der Waals surface area contributed by atoms with Gasteiger partial charge in [-0.05, 0) is 0 Å². The molecule has 1 aliphatic rings. The minimum absolute atomic E-state index is 0.279. The number of carbonyl (C=O) groups is 1. The number of hydrogen-bond donors (Lipinski definition) is 0. The Labute approximate surface area is 77.9 Å². The van der Waals surface area contributed by atoms with E-state index in [-0.39, 0.29) is 5.91 Å². The Hall–Kier alpha value is -0.791. The third kappa shape index (κ3) is 1.38. The maximum atomic E-state index is 11.3. The first-order chi connectivity index (χ1) is 5.88. The van der Waals surface area contributed by atoms with Gasteiger partial charge in [0.05, 0.1) is 0 Å². The van der Waals surface area contributed by atoms with E-state index in [1.807, 2.05) is 34.2 Å². The fourth-order valence-electron chi connectivity index (χ4n) is 1.18. The third-order valence-electron chi connectivity index (χ3n) is 1.75. The number of anilines is 1. The summed E-state index contributed by atoms with van der Waals surface area (Å²) in [6.07, 6.45) is 0.731. The Morgan fingerprint density at radius 1 is 1.25 bits per heavy atom. The number of nitrogens with zero attached hydrogens (tertiary/aromatic N) is 1. The van der Waals surface area contributed by atoms with Crippen LogP contribution in [-0.2, 0) is 4.79 Å². The topological polar surface area (TPSA) is 20.3 Å². The Morgan fingerprint density at radius 2 is 2.00 bits per heavy atom. The molecule has 3 heteroatoms. The van der Waals surface area contributed by atoms with Crippen LogP contribution in [0.2, 0.25) is 5.32 Å². The minimum atomic E-state index is 0.279. The molecule has 0 spiro atoms. The van der Waals surface area contributed by atoms with Gasteiger partial charge in [-0.2, -0.15) is 0 Å². The molecule has 2 rings (SSSR count). The van der Waals surface area contributed by atoms with Gasteiger partial charge < -0.3 is 0 Å². The second-order valence-corrected chi connectivity index (χ2v) is 4.77. The van der Waals surface area contributed by atoms with Gasteiger partial charge in [0.15, 0.2) is 0 Å². The summed E-state index contributed by atoms with van der Waals surface area (Å²) in [6.45, 7) is 0. The second-order valence-electron chi connectivity index (χ2n) is 2.61. The number of para-hydroxylation sites is 1. The van der Waals surface area contributed by atoms with Crippen LogP contribution in [0.5, 0.6) is 0 Å². The molecule has 0 aliphatic carbocycles. The van der Waals surface area contributed by atoms with Crippen LogP contribution in [-0.4, -0.2) is 21.1 Å². The molecule has 1 aliphatic heterocycles. The molecule has 1 aromatic rings. The van der Waals surface area contributed by atoms with Gasteiger partial charge in [0.1, 0.15) is 0 Å². The Balaban J connectivity index is 2.25. The van der Waals surface area contributed by atoms with E-state index in [0.717, 1.165) is 17.4 Å². The summed E-state index contributed by atoms with van der Waals surface area (Å²) in [5.41, 5.74) is 1.06. The number of hydrogen-bond acceptors (Lipinski definition) is 1. The van der Waals surface area contributed by atoms with Gasteiger partial charge in [-0.3, -0.25) is 0 Å². The van der Waals surface area contributed by atoms with Crippen molar-refractivity contribution in [1.29, 1.82) is 0 Å². The van der Waals surface area contributed by atoms with Crippen LogP contribution in [0, 0.1) is 0 Å². The quantitative estimate of drug-likeness (QED) is 0.664. The average Bonchev–Trinajstić information content (AvgIpc) is 2.53. The van der Waals surface area contributed by atoms with E-state index < -0.39 is 0 Å². The van der Waals surface area contributed by atoms with Crippen LogP contribution in [0.15, 0.2) is 30.3 Å². The van der Waals surface area contributed by atoms with Crippen molar-refractivity contribution in [3.05, 3.63) is 30.3 Å². The maximum absolute atomic E-state index is 11.3. The van der Waals surface area contributed by atoms with Crippen molar-refractivity contribution in [3.63, 3.8) is 0 Å². The zero-order chi connectivity index (χ0) is 8.39. The van der Waals surface area contributed by atoms with Crippen LogP contribution < -0.4 is 3.92 Å². The van der Waals surface area contributed by atoms with Crippen molar-refractivity contribution in [2.24, 2.45) is 0 Å². The van der Waals surface area contributed by atoms with Crippen molar-refractivity contribution in [3.8, 4) is 0 Å². The molecular formula is C9H9NOSe. The molecule has 0 aromatic heterocycles. The number of carbonyl (C=O) groups excluding carboxylic acids is 1. The first-order valence-corrected chi connectivity index (χ1v) is 5.86. The zero-order valence-corrected chi connectivity index (χ0v) is 8.28. The molecule has 1 amide bonds. The molecule has 1 fully saturated rings. The molecule has 0 saturated carbocycles. The van der Waals surface area contributed by atoms with Gasteiger partial charge in [0.2, 0.25) is 0 Å². The predicted octanol–water partition coefficient (Wildman–Crippen LogP) is 1.46. The van der Waals surface area contributed by atoms with Crippen LogP contribution in [0.4, 0.5) is 5.69 Å². The standard InChI is InChI=1S/C9H9NOSe/c11-9-6-7-12-10(9)8-4-2-1-3-5-8/h1-5H,6-7H2. The van der Waals surface area contributed by atoms with Gasteiger partial charge in [-0.25, -0.2) is 0 Å². The molecule has 0 unspecified atom stereocenters. The van der Waals surface area contributed by atoms with E-state index in [0.29, 0.717) is 15.2 Å². The molecule has 2 nitrogen and oxygen atoms in total. The fraction of sp³-hybridized carbons (Fsp3) is 0.222. The molecule has 1 saturated heterocycles. The number of benzene rings is 1. The van der Waals surface area contributed by atoms with Crippen molar-refractivity contribution >= 4 is 26.8 Å². The SMILES string of the molecule is O=C1CC[Se]N1c1ccccc1. The van der Waals surface area contributed by atoms with E-state index >= 15 is 0 Å². The van der Waals surface area contributed by atoms with Crippen molar-refractivity contribution in [1.82, 2.24) is 0 Å². The summed E-state index contributed by atoms with van der Waals surface area (Å²) < 4.78 is 1.91. The van der Waals surface area contributed by atoms with Crippen molar-refractivity contribution in [2.75, 3.05) is 3.92 Å². The molecule has 1 aromatic carbocycles. The van der Waals surface area contributed by atoms with Gasteiger partial charge in [0.25, 0.3) is 0 Å². The van der Waals surface area contributed by atoms with Gasteiger partial charge >= 0.3 is 77.6 Å². The summed E-state index contributed by atoms with van der Waals surface area (Å²) >= 11 is 0.346. The van der Waals surface area contributed by atoms with Crippen molar-refractivity contribution < 1.29 is 4.79 Å². The number of rotatable bonds is 1. The fourth-order valence-corrected chi connectivity index (χ4v) is 3.18. The summed E-state index contributed by atoms with van der Waals surface area (Å²) in [4.78, 5) is 11.3. The van der Waals surface area contributed by atoms with Gasteiger partial charge in [-0.1, -0.05) is 0 Å². The van der Waals surface area contributed by atoms with E-state index in [9.17, 15) is 4.79 Å². The van der Waals surface area contributed by atoms with Crippen LogP contribution in [0.25, 0.3) is 0 Å². The summed E-state index contributed by atoms with van der Waals surface area (Å²) in [6, 6.07) is 9.89. The molecule has 0 radical (unpaired) electrons. The van der Waals surface area contributed by atoms with Crippen molar-refractivity contribution in [2.45, 2.75) is 11.7 Å². The number of amides is 1. The van der Waals surface area contributed by atoms with E-state index in [4.69, 9.17) is 0 Å². The molecule has 1 heterocycles. The third-order valence-corrected chi connectivity index (χ3v) is 3.98. The average molecular weight is 226 g/mol. The molecule has 12 heavy (non-hydrogen) atoms.